The van der Waals surface area contributed by atoms with Gasteiger partial charge in [-0.3, -0.25) is 9.59 Å². The Morgan fingerprint density at radius 2 is 1.77 bits per heavy atom. The summed E-state index contributed by atoms with van der Waals surface area (Å²) in [6, 6.07) is 10.8. The minimum absolute atomic E-state index is 0.170. The Morgan fingerprint density at radius 1 is 1.00 bits per heavy atom. The number of hydrogen-bond donors (Lipinski definition) is 2. The van der Waals surface area contributed by atoms with E-state index in [1.807, 2.05) is 12.1 Å². The second-order valence-corrected chi connectivity index (χ2v) is 5.48. The summed E-state index contributed by atoms with van der Waals surface area (Å²) < 4.78 is 23.5. The lowest BCUT2D eigenvalue weighted by Gasteiger charge is -2.10. The highest BCUT2D eigenvalue weighted by Crippen LogP contribution is 2.27. The number of hydrogen-bond acceptors (Lipinski definition) is 4. The maximum Gasteiger partial charge on any atom is 0.251 e. The van der Waals surface area contributed by atoms with Crippen molar-refractivity contribution in [3.63, 3.8) is 0 Å². The molecule has 0 aromatic heterocycles. The predicted molar refractivity (Wildman–Crippen MR) is 95.0 cm³/mol. The van der Waals surface area contributed by atoms with Gasteiger partial charge < -0.3 is 20.1 Å². The molecule has 26 heavy (non-hydrogen) atoms. The van der Waals surface area contributed by atoms with Crippen LogP contribution in [0.2, 0.25) is 0 Å². The molecule has 0 bridgehead atoms. The number of nitrogens with one attached hydrogen (secondary N) is 2. The number of halogens is 1. The summed E-state index contributed by atoms with van der Waals surface area (Å²) in [6.45, 7) is 0.228. The van der Waals surface area contributed by atoms with Crippen LogP contribution in [0.15, 0.2) is 42.5 Å². The number of carbonyl (C=O) groups excluding carboxylic acids is 2. The van der Waals surface area contributed by atoms with Crippen LogP contribution in [-0.4, -0.2) is 39.1 Å². The summed E-state index contributed by atoms with van der Waals surface area (Å²) in [5, 5.41) is 5.17. The quantitative estimate of drug-likeness (QED) is 0.754. The van der Waals surface area contributed by atoms with Gasteiger partial charge in [-0.1, -0.05) is 12.1 Å². The van der Waals surface area contributed by atoms with Crippen LogP contribution in [0.25, 0.3) is 0 Å². The molecule has 2 N–H and O–H groups in total. The molecule has 7 heteroatoms. The van der Waals surface area contributed by atoms with Gasteiger partial charge >= 0.3 is 0 Å². The second-order valence-electron chi connectivity index (χ2n) is 5.48. The van der Waals surface area contributed by atoms with Gasteiger partial charge in [0.15, 0.2) is 11.5 Å². The molecule has 138 valence electrons. The third-order valence-corrected chi connectivity index (χ3v) is 3.68. The molecule has 0 saturated carbocycles. The monoisotopic (exact) mass is 360 g/mol. The van der Waals surface area contributed by atoms with E-state index in [1.54, 1.807) is 20.3 Å². The van der Waals surface area contributed by atoms with E-state index in [0.717, 1.165) is 11.6 Å². The second kappa shape index (κ2) is 9.41. The predicted octanol–water partition coefficient (Wildman–Crippen LogP) is 1.93. The zero-order valence-electron chi connectivity index (χ0n) is 14.7. The van der Waals surface area contributed by atoms with Crippen LogP contribution in [0.5, 0.6) is 11.5 Å². The molecule has 0 aliphatic heterocycles. The van der Waals surface area contributed by atoms with Crippen molar-refractivity contribution < 1.29 is 23.5 Å². The fourth-order valence-corrected chi connectivity index (χ4v) is 2.34. The van der Waals surface area contributed by atoms with E-state index >= 15 is 0 Å². The summed E-state index contributed by atoms with van der Waals surface area (Å²) in [5.41, 5.74) is 1.15. The van der Waals surface area contributed by atoms with E-state index in [0.29, 0.717) is 24.5 Å². The molecule has 2 amide bonds. The molecule has 0 heterocycles. The Bertz CT molecular complexity index is 780. The van der Waals surface area contributed by atoms with E-state index in [2.05, 4.69) is 10.6 Å². The number of ether oxygens (including phenoxy) is 2. The lowest BCUT2D eigenvalue weighted by molar-refractivity contribution is -0.120. The average Bonchev–Trinajstić information content (AvgIpc) is 2.65. The van der Waals surface area contributed by atoms with Gasteiger partial charge in [-0.15, -0.1) is 0 Å². The molecule has 0 fully saturated rings. The number of rotatable bonds is 8. The molecule has 0 aliphatic carbocycles. The fourth-order valence-electron chi connectivity index (χ4n) is 2.34. The number of benzene rings is 2. The van der Waals surface area contributed by atoms with Gasteiger partial charge in [-0.2, -0.15) is 0 Å². The molecule has 0 unspecified atom stereocenters. The number of carbonyl (C=O) groups is 2. The first-order valence-electron chi connectivity index (χ1n) is 8.05. The Labute approximate surface area is 151 Å². The first-order valence-corrected chi connectivity index (χ1v) is 8.05. The van der Waals surface area contributed by atoms with Crippen LogP contribution in [-0.2, 0) is 11.2 Å². The van der Waals surface area contributed by atoms with Crippen molar-refractivity contribution >= 4 is 11.8 Å². The SMILES string of the molecule is COc1ccc(CCNC(=O)CNC(=O)c2cccc(F)c2)cc1OC. The minimum atomic E-state index is -0.503. The van der Waals surface area contributed by atoms with Crippen LogP contribution < -0.4 is 20.1 Å². The van der Waals surface area contributed by atoms with E-state index in [1.165, 1.54) is 18.2 Å². The smallest absolute Gasteiger partial charge is 0.251 e. The number of methoxy groups -OCH3 is 2. The van der Waals surface area contributed by atoms with Crippen molar-refractivity contribution in [1.29, 1.82) is 0 Å². The third kappa shape index (κ3) is 5.47. The van der Waals surface area contributed by atoms with Crippen molar-refractivity contribution in [1.82, 2.24) is 10.6 Å². The molecule has 2 aromatic carbocycles. The van der Waals surface area contributed by atoms with Crippen LogP contribution in [0.1, 0.15) is 15.9 Å². The highest BCUT2D eigenvalue weighted by molar-refractivity contribution is 5.96. The van der Waals surface area contributed by atoms with Gasteiger partial charge in [0.25, 0.3) is 5.91 Å². The molecule has 0 atom stereocenters. The van der Waals surface area contributed by atoms with Gasteiger partial charge in [-0.25, -0.2) is 4.39 Å². The van der Waals surface area contributed by atoms with Crippen LogP contribution >= 0.6 is 0 Å². The van der Waals surface area contributed by atoms with Crippen LogP contribution in [0.4, 0.5) is 4.39 Å². The first kappa shape index (κ1) is 19.2. The summed E-state index contributed by atoms with van der Waals surface area (Å²) in [7, 11) is 3.13. The average molecular weight is 360 g/mol. The highest BCUT2D eigenvalue weighted by atomic mass is 19.1. The topological polar surface area (TPSA) is 76.7 Å². The van der Waals surface area contributed by atoms with Crippen molar-refractivity contribution in [2.45, 2.75) is 6.42 Å². The summed E-state index contributed by atoms with van der Waals surface area (Å²) in [4.78, 5) is 23.7. The van der Waals surface area contributed by atoms with Crippen molar-refractivity contribution in [2.75, 3.05) is 27.3 Å². The summed E-state index contributed by atoms with van der Waals surface area (Å²) in [6.07, 6.45) is 0.601. The molecule has 2 aromatic rings. The van der Waals surface area contributed by atoms with Gasteiger partial charge in [0.2, 0.25) is 5.91 Å². The minimum Gasteiger partial charge on any atom is -0.493 e. The van der Waals surface area contributed by atoms with E-state index in [4.69, 9.17) is 9.47 Å². The van der Waals surface area contributed by atoms with Gasteiger partial charge in [0.1, 0.15) is 5.82 Å². The van der Waals surface area contributed by atoms with Crippen LogP contribution in [0, 0.1) is 5.82 Å². The maximum atomic E-state index is 13.1. The Morgan fingerprint density at radius 3 is 2.46 bits per heavy atom. The summed E-state index contributed by atoms with van der Waals surface area (Å²) >= 11 is 0. The largest absolute Gasteiger partial charge is 0.493 e. The molecule has 0 saturated heterocycles. The van der Waals surface area contributed by atoms with Crippen molar-refractivity contribution in [2.24, 2.45) is 0 Å². The molecule has 0 spiro atoms. The van der Waals surface area contributed by atoms with Gasteiger partial charge in [-0.05, 0) is 42.3 Å². The lowest BCUT2D eigenvalue weighted by atomic mass is 10.1. The van der Waals surface area contributed by atoms with Crippen molar-refractivity contribution in [3.8, 4) is 11.5 Å². The van der Waals surface area contributed by atoms with Gasteiger partial charge in [0.05, 0.1) is 20.8 Å². The molecular weight excluding hydrogens is 339 g/mol. The van der Waals surface area contributed by atoms with Crippen LogP contribution in [0.3, 0.4) is 0 Å². The zero-order valence-corrected chi connectivity index (χ0v) is 14.7. The fraction of sp³-hybridized carbons (Fsp3) is 0.263. The molecular formula is C19H21FN2O4. The Kier molecular flexibility index (Phi) is 6.96. The maximum absolute atomic E-state index is 13.1. The van der Waals surface area contributed by atoms with E-state index in [9.17, 15) is 14.0 Å². The Hall–Kier alpha value is -3.09. The molecule has 0 radical (unpaired) electrons. The molecule has 6 nitrogen and oxygen atoms in total. The van der Waals surface area contributed by atoms with Crippen molar-refractivity contribution in [3.05, 3.63) is 59.4 Å². The standard InChI is InChI=1S/C19H21FN2O4/c1-25-16-7-6-13(10-17(16)26-2)8-9-21-18(23)12-22-19(24)14-4-3-5-15(20)11-14/h3-7,10-11H,8-9,12H2,1-2H3,(H,21,23)(H,22,24). The molecule has 0 aliphatic rings. The Balaban J connectivity index is 1.76. The first-order chi connectivity index (χ1) is 12.5. The van der Waals surface area contributed by atoms with E-state index in [-0.39, 0.29) is 18.0 Å². The summed E-state index contributed by atoms with van der Waals surface area (Å²) in [5.74, 6) is -0.0641. The normalized spacial score (nSPS) is 10.1. The third-order valence-electron chi connectivity index (χ3n) is 3.68. The van der Waals surface area contributed by atoms with E-state index < -0.39 is 11.7 Å². The molecule has 2 rings (SSSR count). The van der Waals surface area contributed by atoms with Gasteiger partial charge in [0, 0.05) is 12.1 Å². The number of amides is 2. The zero-order chi connectivity index (χ0) is 18.9. The lowest BCUT2D eigenvalue weighted by Crippen LogP contribution is -2.37. The highest BCUT2D eigenvalue weighted by Gasteiger charge is 2.09.